The minimum atomic E-state index is -4.63. The second-order valence-corrected chi connectivity index (χ2v) is 15.1. The third-order valence-electron chi connectivity index (χ3n) is 9.49. The molecular formula is C40H79NaO4S. The molecule has 0 heterocycles. The van der Waals surface area contributed by atoms with Crippen LogP contribution in [0.3, 0.4) is 0 Å². The van der Waals surface area contributed by atoms with Crippen LogP contribution in [-0.2, 0) is 14.6 Å². The maximum atomic E-state index is 11.0. The second kappa shape index (κ2) is 40.0. The zero-order chi connectivity index (χ0) is 32.9. The molecule has 46 heavy (non-hydrogen) atoms. The number of allylic oxidation sites excluding steroid dienone is 1. The molecule has 0 radical (unpaired) electrons. The minimum Gasteiger partial charge on any atom is -0.726 e. The minimum absolute atomic E-state index is 0. The molecule has 0 amide bonds. The van der Waals surface area contributed by atoms with E-state index >= 15 is 0 Å². The van der Waals surface area contributed by atoms with Crippen molar-refractivity contribution >= 4 is 10.4 Å². The Morgan fingerprint density at radius 1 is 0.478 bits per heavy atom. The summed E-state index contributed by atoms with van der Waals surface area (Å²) in [7, 11) is -4.63. The molecule has 0 bridgehead atoms. The van der Waals surface area contributed by atoms with E-state index in [2.05, 4.69) is 30.2 Å². The largest absolute Gasteiger partial charge is 1.00 e. The van der Waals surface area contributed by atoms with Crippen molar-refractivity contribution in [2.24, 2.45) is 5.92 Å². The van der Waals surface area contributed by atoms with Gasteiger partial charge in [0, 0.05) is 5.92 Å². The van der Waals surface area contributed by atoms with Crippen molar-refractivity contribution in [1.82, 2.24) is 0 Å². The number of hydrogen-bond acceptors (Lipinski definition) is 4. The molecule has 0 spiro atoms. The Balaban J connectivity index is 0. The third kappa shape index (κ3) is 42.6. The Bertz CT molecular complexity index is 697. The van der Waals surface area contributed by atoms with Crippen LogP contribution in [0.15, 0.2) is 12.2 Å². The van der Waals surface area contributed by atoms with E-state index < -0.39 is 10.4 Å². The van der Waals surface area contributed by atoms with Gasteiger partial charge in [-0.2, -0.15) is 0 Å². The van der Waals surface area contributed by atoms with Gasteiger partial charge in [-0.3, -0.25) is 4.18 Å². The fraction of sp³-hybridized carbons (Fsp3) is 0.950. The smallest absolute Gasteiger partial charge is 0.726 e. The molecule has 0 rings (SSSR count). The predicted molar refractivity (Wildman–Crippen MR) is 197 cm³/mol. The summed E-state index contributed by atoms with van der Waals surface area (Å²) in [5.41, 5.74) is 0. The molecule has 0 aromatic heterocycles. The summed E-state index contributed by atoms with van der Waals surface area (Å²) >= 11 is 0. The molecule has 0 saturated heterocycles. The van der Waals surface area contributed by atoms with Crippen LogP contribution < -0.4 is 29.6 Å². The van der Waals surface area contributed by atoms with E-state index in [1.54, 1.807) is 0 Å². The van der Waals surface area contributed by atoms with Gasteiger partial charge in [-0.1, -0.05) is 225 Å². The third-order valence-corrected chi connectivity index (χ3v) is 9.91. The standard InChI is InChI=1S/C40H80O4S.Na/c1-3-5-7-9-11-13-15-17-19-21-23-25-27-29-31-33-35-37-40(39-44-45(41,42)43)38-36-34-32-30-28-26-24-22-20-18-16-14-12-10-8-6-4-2;/h35,37,40H,3-34,36,38-39H2,1-2H3,(H,41,42,43);/q;+1/p-1/b37-35+;. The SMILES string of the molecule is CCCCCCCCCCCCCCCCC/C=C/C(CCCCCCCCCCCCCCCCCCC)COS(=O)(=O)[O-].[Na+]. The topological polar surface area (TPSA) is 66.4 Å². The average molecular weight is 679 g/mol. The molecule has 0 aliphatic heterocycles. The van der Waals surface area contributed by atoms with Crippen LogP contribution in [0.1, 0.15) is 232 Å². The first-order chi connectivity index (χ1) is 22.0. The Morgan fingerprint density at radius 3 is 1.07 bits per heavy atom. The van der Waals surface area contributed by atoms with Gasteiger partial charge in [0.25, 0.3) is 0 Å². The monoisotopic (exact) mass is 679 g/mol. The molecule has 0 aliphatic rings. The van der Waals surface area contributed by atoms with Gasteiger partial charge >= 0.3 is 29.6 Å². The van der Waals surface area contributed by atoms with Gasteiger partial charge in [0.05, 0.1) is 6.61 Å². The molecule has 4 nitrogen and oxygen atoms in total. The summed E-state index contributed by atoms with van der Waals surface area (Å²) in [4.78, 5) is 0. The zero-order valence-electron chi connectivity index (χ0n) is 31.5. The van der Waals surface area contributed by atoms with Crippen LogP contribution in [0.2, 0.25) is 0 Å². The van der Waals surface area contributed by atoms with Crippen molar-refractivity contribution in [2.45, 2.75) is 232 Å². The van der Waals surface area contributed by atoms with Crippen molar-refractivity contribution in [2.75, 3.05) is 6.61 Å². The van der Waals surface area contributed by atoms with E-state index in [-0.39, 0.29) is 42.1 Å². The molecule has 1 atom stereocenters. The predicted octanol–water partition coefficient (Wildman–Crippen LogP) is 10.9. The van der Waals surface area contributed by atoms with Gasteiger partial charge in [-0.05, 0) is 19.3 Å². The van der Waals surface area contributed by atoms with Crippen LogP contribution in [-0.4, -0.2) is 19.6 Å². The van der Waals surface area contributed by atoms with Crippen LogP contribution in [0, 0.1) is 5.92 Å². The average Bonchev–Trinajstić information content (AvgIpc) is 3.02. The first-order valence-corrected chi connectivity index (χ1v) is 21.6. The fourth-order valence-electron chi connectivity index (χ4n) is 6.46. The van der Waals surface area contributed by atoms with Gasteiger partial charge in [0.1, 0.15) is 0 Å². The van der Waals surface area contributed by atoms with Gasteiger partial charge in [-0.15, -0.1) is 0 Å². The molecule has 0 N–H and O–H groups in total. The Kier molecular flexibility index (Phi) is 42.4. The van der Waals surface area contributed by atoms with Crippen molar-refractivity contribution < 1.29 is 46.7 Å². The maximum absolute atomic E-state index is 11.0. The molecule has 0 saturated carbocycles. The number of unbranched alkanes of at least 4 members (excludes halogenated alkanes) is 31. The van der Waals surface area contributed by atoms with E-state index in [0.717, 1.165) is 19.3 Å². The van der Waals surface area contributed by atoms with Crippen molar-refractivity contribution in [1.29, 1.82) is 0 Å². The molecule has 0 aliphatic carbocycles. The van der Waals surface area contributed by atoms with Gasteiger partial charge < -0.3 is 4.55 Å². The Morgan fingerprint density at radius 2 is 0.761 bits per heavy atom. The zero-order valence-corrected chi connectivity index (χ0v) is 34.3. The van der Waals surface area contributed by atoms with Crippen molar-refractivity contribution in [3.8, 4) is 0 Å². The molecule has 1 unspecified atom stereocenters. The fourth-order valence-corrected chi connectivity index (χ4v) is 6.80. The molecule has 0 fully saturated rings. The number of hydrogen-bond donors (Lipinski definition) is 0. The van der Waals surface area contributed by atoms with Crippen LogP contribution in [0.25, 0.3) is 0 Å². The van der Waals surface area contributed by atoms with Crippen LogP contribution >= 0.6 is 0 Å². The van der Waals surface area contributed by atoms with Crippen LogP contribution in [0.5, 0.6) is 0 Å². The van der Waals surface area contributed by atoms with Gasteiger partial charge in [0.2, 0.25) is 10.4 Å². The van der Waals surface area contributed by atoms with Gasteiger partial charge in [-0.25, -0.2) is 8.42 Å². The second-order valence-electron chi connectivity index (χ2n) is 14.1. The van der Waals surface area contributed by atoms with E-state index in [9.17, 15) is 13.0 Å². The number of rotatable bonds is 38. The summed E-state index contributed by atoms with van der Waals surface area (Å²) in [6.07, 6.45) is 49.7. The molecule has 0 aromatic rings. The summed E-state index contributed by atoms with van der Waals surface area (Å²) < 4.78 is 37.6. The molecule has 270 valence electrons. The summed E-state index contributed by atoms with van der Waals surface area (Å²) in [5, 5.41) is 0. The Hall–Kier alpha value is 0.610. The Labute approximate surface area is 312 Å². The first-order valence-electron chi connectivity index (χ1n) is 20.3. The van der Waals surface area contributed by atoms with E-state index in [0.29, 0.717) is 0 Å². The summed E-state index contributed by atoms with van der Waals surface area (Å²) in [5.74, 6) is 0.0152. The van der Waals surface area contributed by atoms with Crippen molar-refractivity contribution in [3.05, 3.63) is 12.2 Å². The van der Waals surface area contributed by atoms with Crippen LogP contribution in [0.4, 0.5) is 0 Å². The van der Waals surface area contributed by atoms with E-state index in [1.807, 2.05) is 0 Å². The van der Waals surface area contributed by atoms with E-state index in [4.69, 9.17) is 0 Å². The summed E-state index contributed by atoms with van der Waals surface area (Å²) in [6, 6.07) is 0. The molecule has 6 heteroatoms. The molecule has 0 aromatic carbocycles. The molecular weight excluding hydrogens is 599 g/mol. The van der Waals surface area contributed by atoms with Crippen molar-refractivity contribution in [3.63, 3.8) is 0 Å². The first kappa shape index (κ1) is 48.7. The maximum Gasteiger partial charge on any atom is 1.00 e. The summed E-state index contributed by atoms with van der Waals surface area (Å²) in [6.45, 7) is 4.55. The van der Waals surface area contributed by atoms with Gasteiger partial charge in [0.15, 0.2) is 0 Å². The quantitative estimate of drug-likeness (QED) is 0.0214. The van der Waals surface area contributed by atoms with E-state index in [1.165, 1.54) is 199 Å². The normalized spacial score (nSPS) is 12.6.